The fourth-order valence-corrected chi connectivity index (χ4v) is 3.94. The predicted molar refractivity (Wildman–Crippen MR) is 104 cm³/mol. The number of nitrogens with zero attached hydrogens (tertiary/aromatic N) is 4. The predicted octanol–water partition coefficient (Wildman–Crippen LogP) is 2.04. The summed E-state index contributed by atoms with van der Waals surface area (Å²) in [6.45, 7) is 1.55. The molecule has 0 radical (unpaired) electrons. The Labute approximate surface area is 161 Å². The molecule has 1 saturated heterocycles. The van der Waals surface area contributed by atoms with Crippen LogP contribution in [-0.4, -0.2) is 52.4 Å². The minimum atomic E-state index is -0.108. The van der Waals surface area contributed by atoms with Crippen molar-refractivity contribution >= 4 is 28.6 Å². The molecule has 0 unspecified atom stereocenters. The second kappa shape index (κ2) is 9.02. The fraction of sp³-hybridized carbons (Fsp3) is 0.474. The molecule has 0 spiro atoms. The zero-order valence-corrected chi connectivity index (χ0v) is 16.1. The van der Waals surface area contributed by atoms with Gasteiger partial charge >= 0.3 is 0 Å². The van der Waals surface area contributed by atoms with E-state index in [-0.39, 0.29) is 23.3 Å². The third kappa shape index (κ3) is 4.67. The number of benzene rings is 1. The van der Waals surface area contributed by atoms with Crippen LogP contribution in [0.1, 0.15) is 19.3 Å². The lowest BCUT2D eigenvalue weighted by Crippen LogP contribution is -2.31. The van der Waals surface area contributed by atoms with Crippen molar-refractivity contribution in [2.75, 3.05) is 26.0 Å². The summed E-state index contributed by atoms with van der Waals surface area (Å²) in [5.74, 6) is 0.0689. The number of para-hydroxylation sites is 1. The van der Waals surface area contributed by atoms with E-state index in [4.69, 9.17) is 10.00 Å². The van der Waals surface area contributed by atoms with Crippen LogP contribution >= 0.6 is 11.8 Å². The number of ether oxygens (including phenoxy) is 1. The molecular formula is C19H22N4O3S. The number of hydrogen-bond acceptors (Lipinski definition) is 6. The Morgan fingerprint density at radius 3 is 3.04 bits per heavy atom. The standard InChI is InChI=1S/C19H22N4O3S/c1-22(10-5-9-20)17(24)13-27-19-21-16-8-3-2-7-15(16)18(25)23(19)12-14-6-4-11-26-14/h2-3,7-8,14H,4-6,10-13H2,1H3/t14-/m0/s1. The van der Waals surface area contributed by atoms with Crippen molar-refractivity contribution in [3.8, 4) is 6.07 Å². The zero-order valence-electron chi connectivity index (χ0n) is 15.3. The number of hydrogen-bond donors (Lipinski definition) is 0. The molecule has 27 heavy (non-hydrogen) atoms. The molecule has 3 rings (SSSR count). The van der Waals surface area contributed by atoms with Crippen molar-refractivity contribution in [3.63, 3.8) is 0 Å². The number of amides is 1. The van der Waals surface area contributed by atoms with Gasteiger partial charge in [-0.2, -0.15) is 5.26 Å². The molecule has 8 heteroatoms. The molecule has 1 aliphatic rings. The van der Waals surface area contributed by atoms with E-state index >= 15 is 0 Å². The van der Waals surface area contributed by atoms with Crippen LogP contribution in [0.4, 0.5) is 0 Å². The topological polar surface area (TPSA) is 88.2 Å². The van der Waals surface area contributed by atoms with Gasteiger partial charge in [0.2, 0.25) is 5.91 Å². The minimum absolute atomic E-state index is 0.000911. The monoisotopic (exact) mass is 386 g/mol. The SMILES string of the molecule is CN(CCC#N)C(=O)CSc1nc2ccccc2c(=O)n1C[C@@H]1CCCO1. The van der Waals surface area contributed by atoms with Gasteiger partial charge in [0.15, 0.2) is 5.16 Å². The summed E-state index contributed by atoms with van der Waals surface area (Å²) in [6.07, 6.45) is 2.20. The highest BCUT2D eigenvalue weighted by Crippen LogP contribution is 2.21. The van der Waals surface area contributed by atoms with E-state index in [1.54, 1.807) is 23.7 Å². The number of rotatable bonds is 7. The lowest BCUT2D eigenvalue weighted by Gasteiger charge is -2.18. The van der Waals surface area contributed by atoms with E-state index in [0.29, 0.717) is 42.2 Å². The maximum atomic E-state index is 13.0. The Kier molecular flexibility index (Phi) is 6.48. The fourth-order valence-electron chi connectivity index (χ4n) is 2.99. The third-order valence-electron chi connectivity index (χ3n) is 4.55. The molecule has 0 N–H and O–H groups in total. The summed E-state index contributed by atoms with van der Waals surface area (Å²) in [5, 5.41) is 9.75. The van der Waals surface area contributed by atoms with E-state index in [2.05, 4.69) is 4.98 Å². The summed E-state index contributed by atoms with van der Waals surface area (Å²) in [4.78, 5) is 31.4. The summed E-state index contributed by atoms with van der Waals surface area (Å²) in [5.41, 5.74) is 0.516. The van der Waals surface area contributed by atoms with Gasteiger partial charge in [0, 0.05) is 20.2 Å². The first-order valence-electron chi connectivity index (χ1n) is 8.95. The van der Waals surface area contributed by atoms with Crippen molar-refractivity contribution in [1.29, 1.82) is 5.26 Å². The van der Waals surface area contributed by atoms with Gasteiger partial charge in [-0.05, 0) is 25.0 Å². The van der Waals surface area contributed by atoms with E-state index in [1.165, 1.54) is 16.7 Å². The summed E-state index contributed by atoms with van der Waals surface area (Å²) in [7, 11) is 1.67. The van der Waals surface area contributed by atoms with Crippen LogP contribution in [0.25, 0.3) is 10.9 Å². The highest BCUT2D eigenvalue weighted by molar-refractivity contribution is 7.99. The molecule has 1 fully saturated rings. The van der Waals surface area contributed by atoms with E-state index < -0.39 is 0 Å². The van der Waals surface area contributed by atoms with Crippen molar-refractivity contribution in [2.45, 2.75) is 37.1 Å². The van der Waals surface area contributed by atoms with E-state index in [9.17, 15) is 9.59 Å². The molecule has 1 atom stereocenters. The minimum Gasteiger partial charge on any atom is -0.376 e. The van der Waals surface area contributed by atoms with Crippen LogP contribution in [0, 0.1) is 11.3 Å². The molecule has 142 valence electrons. The first-order chi connectivity index (χ1) is 13.1. The van der Waals surface area contributed by atoms with Gasteiger partial charge in [0.05, 0.1) is 41.8 Å². The molecule has 2 aromatic rings. The van der Waals surface area contributed by atoms with Gasteiger partial charge in [-0.1, -0.05) is 23.9 Å². The van der Waals surface area contributed by atoms with Crippen molar-refractivity contribution in [3.05, 3.63) is 34.6 Å². The Balaban J connectivity index is 1.84. The van der Waals surface area contributed by atoms with Crippen LogP contribution < -0.4 is 5.56 Å². The summed E-state index contributed by atoms with van der Waals surface area (Å²) in [6, 6.07) is 9.27. The van der Waals surface area contributed by atoms with Crippen LogP contribution in [0.5, 0.6) is 0 Å². The Hall–Kier alpha value is -2.37. The molecule has 1 aromatic carbocycles. The first-order valence-corrected chi connectivity index (χ1v) is 9.93. The van der Waals surface area contributed by atoms with Crippen LogP contribution in [0.15, 0.2) is 34.2 Å². The molecule has 0 bridgehead atoms. The zero-order chi connectivity index (χ0) is 19.2. The normalized spacial score (nSPS) is 16.4. The van der Waals surface area contributed by atoms with Gasteiger partial charge in [0.1, 0.15) is 0 Å². The van der Waals surface area contributed by atoms with Gasteiger partial charge < -0.3 is 9.64 Å². The molecule has 1 amide bonds. The summed E-state index contributed by atoms with van der Waals surface area (Å²) < 4.78 is 7.32. The van der Waals surface area contributed by atoms with Crippen LogP contribution in [0.2, 0.25) is 0 Å². The maximum Gasteiger partial charge on any atom is 0.262 e. The smallest absolute Gasteiger partial charge is 0.262 e. The molecule has 1 aliphatic heterocycles. The van der Waals surface area contributed by atoms with E-state index in [0.717, 1.165) is 12.8 Å². The molecule has 2 heterocycles. The molecule has 0 saturated carbocycles. The second-order valence-corrected chi connectivity index (χ2v) is 7.42. The lowest BCUT2D eigenvalue weighted by atomic mass is 10.2. The number of thioether (sulfide) groups is 1. The summed E-state index contributed by atoms with van der Waals surface area (Å²) >= 11 is 1.25. The van der Waals surface area contributed by atoms with Crippen molar-refractivity contribution in [2.24, 2.45) is 0 Å². The third-order valence-corrected chi connectivity index (χ3v) is 5.51. The van der Waals surface area contributed by atoms with Crippen LogP contribution in [0.3, 0.4) is 0 Å². The molecule has 1 aromatic heterocycles. The number of nitriles is 1. The van der Waals surface area contributed by atoms with Gasteiger partial charge in [-0.15, -0.1) is 0 Å². The Morgan fingerprint density at radius 1 is 1.48 bits per heavy atom. The number of fused-ring (bicyclic) bond motifs is 1. The average Bonchev–Trinajstić information content (AvgIpc) is 3.20. The highest BCUT2D eigenvalue weighted by Gasteiger charge is 2.21. The molecule has 7 nitrogen and oxygen atoms in total. The van der Waals surface area contributed by atoms with Crippen molar-refractivity contribution < 1.29 is 9.53 Å². The quantitative estimate of drug-likeness (QED) is 0.534. The Bertz CT molecular complexity index is 915. The number of carbonyl (C=O) groups is 1. The second-order valence-electron chi connectivity index (χ2n) is 6.47. The van der Waals surface area contributed by atoms with Gasteiger partial charge in [0.25, 0.3) is 5.56 Å². The average molecular weight is 386 g/mol. The van der Waals surface area contributed by atoms with Gasteiger partial charge in [-0.3, -0.25) is 14.2 Å². The van der Waals surface area contributed by atoms with Crippen molar-refractivity contribution in [1.82, 2.24) is 14.5 Å². The number of carbonyl (C=O) groups excluding carboxylic acids is 1. The first kappa shape index (κ1) is 19.4. The van der Waals surface area contributed by atoms with E-state index in [1.807, 2.05) is 18.2 Å². The molecule has 0 aliphatic carbocycles. The maximum absolute atomic E-state index is 13.0. The number of aromatic nitrogens is 2. The van der Waals surface area contributed by atoms with Gasteiger partial charge in [-0.25, -0.2) is 4.98 Å². The molecular weight excluding hydrogens is 364 g/mol. The highest BCUT2D eigenvalue weighted by atomic mass is 32.2. The largest absolute Gasteiger partial charge is 0.376 e. The Morgan fingerprint density at radius 2 is 2.30 bits per heavy atom. The lowest BCUT2D eigenvalue weighted by molar-refractivity contribution is -0.127. The van der Waals surface area contributed by atoms with Crippen LogP contribution in [-0.2, 0) is 16.1 Å².